The number of azo groups is 2. The first kappa shape index (κ1) is 47.9. The highest BCUT2D eigenvalue weighted by Gasteiger charge is 2.17. The van der Waals surface area contributed by atoms with Crippen LogP contribution in [-0.4, -0.2) is 22.8 Å². The lowest BCUT2D eigenvalue weighted by atomic mass is 10.2. The lowest BCUT2D eigenvalue weighted by Gasteiger charge is -2.13. The summed E-state index contributed by atoms with van der Waals surface area (Å²) in [6, 6.07) is 42.2. The molecule has 0 bridgehead atoms. The largest absolute Gasteiger partial charge is 0.421 e. The van der Waals surface area contributed by atoms with E-state index in [0.717, 1.165) is 111 Å². The number of anilines is 4. The molecule has 0 atom stereocenters. The predicted octanol–water partition coefficient (Wildman–Crippen LogP) is 12.6. The molecule has 0 fully saturated rings. The number of nitrogens with zero attached hydrogens (tertiary/aromatic N) is 12. The molecule has 4 aromatic carbocycles. The molecule has 0 saturated carbocycles. The maximum Gasteiger partial charge on any atom is 0.421 e. The summed E-state index contributed by atoms with van der Waals surface area (Å²) in [7, 11) is 4.01. The molecule has 0 amide bonds. The van der Waals surface area contributed by atoms with Crippen LogP contribution in [0.4, 0.5) is 46.0 Å². The van der Waals surface area contributed by atoms with Crippen LogP contribution in [0.15, 0.2) is 185 Å². The van der Waals surface area contributed by atoms with Gasteiger partial charge in [-0.15, -0.1) is 0 Å². The Morgan fingerprint density at radius 1 is 0.465 bits per heavy atom. The lowest BCUT2D eigenvalue weighted by molar-refractivity contribution is -0.697. The van der Waals surface area contributed by atoms with Crippen LogP contribution in [0.25, 0.3) is 11.4 Å². The summed E-state index contributed by atoms with van der Waals surface area (Å²) in [4.78, 5) is 0. The number of benzene rings is 4. The average Bonchev–Trinajstić information content (AvgIpc) is 4.23. The average molecular weight is 948 g/mol. The molecule has 9 aromatic rings. The molecular formula is C57H67N14+3. The summed E-state index contributed by atoms with van der Waals surface area (Å²) in [5.74, 6) is 1.61. The summed E-state index contributed by atoms with van der Waals surface area (Å²) >= 11 is 0. The van der Waals surface area contributed by atoms with Crippen molar-refractivity contribution in [3.63, 3.8) is 0 Å². The van der Waals surface area contributed by atoms with E-state index in [9.17, 15) is 0 Å². The summed E-state index contributed by atoms with van der Waals surface area (Å²) in [6.45, 7) is 12.2. The van der Waals surface area contributed by atoms with E-state index in [1.54, 1.807) is 0 Å². The molecular weight excluding hydrogens is 881 g/mol. The number of imidazole rings is 3. The van der Waals surface area contributed by atoms with Crippen LogP contribution in [-0.2, 0) is 53.1 Å². The molecule has 5 aromatic heterocycles. The van der Waals surface area contributed by atoms with Crippen LogP contribution in [0.5, 0.6) is 0 Å². The Balaban J connectivity index is 0.714. The first-order chi connectivity index (χ1) is 34.7. The molecule has 0 unspecified atom stereocenters. The van der Waals surface area contributed by atoms with E-state index in [0.29, 0.717) is 0 Å². The van der Waals surface area contributed by atoms with Crippen molar-refractivity contribution in [2.24, 2.45) is 34.6 Å². The zero-order chi connectivity index (χ0) is 49.1. The molecule has 0 aliphatic heterocycles. The Kier molecular flexibility index (Phi) is 15.2. The Hall–Kier alpha value is -8.13. The van der Waals surface area contributed by atoms with Crippen molar-refractivity contribution >= 4 is 46.0 Å². The van der Waals surface area contributed by atoms with Crippen molar-refractivity contribution in [3.8, 4) is 11.4 Å². The fourth-order valence-corrected chi connectivity index (χ4v) is 9.16. The first-order valence-corrected chi connectivity index (χ1v) is 25.0. The molecule has 362 valence electrons. The van der Waals surface area contributed by atoms with Crippen molar-refractivity contribution in [2.75, 3.05) is 10.6 Å². The molecule has 0 saturated heterocycles. The number of aromatic nitrogens is 8. The second-order valence-electron chi connectivity index (χ2n) is 18.3. The molecule has 0 spiro atoms. The monoisotopic (exact) mass is 948 g/mol. The zero-order valence-electron chi connectivity index (χ0n) is 42.0. The topological polar surface area (TPSA) is 110 Å². The summed E-state index contributed by atoms with van der Waals surface area (Å²) < 4.78 is 17.5. The highest BCUT2D eigenvalue weighted by molar-refractivity contribution is 5.64. The van der Waals surface area contributed by atoms with E-state index >= 15 is 0 Å². The van der Waals surface area contributed by atoms with E-state index in [4.69, 9.17) is 0 Å². The van der Waals surface area contributed by atoms with Gasteiger partial charge in [-0.25, -0.2) is 27.4 Å². The summed E-state index contributed by atoms with van der Waals surface area (Å²) in [5, 5.41) is 25.6. The van der Waals surface area contributed by atoms with Crippen LogP contribution in [0.3, 0.4) is 0 Å². The van der Waals surface area contributed by atoms with Crippen molar-refractivity contribution in [2.45, 2.75) is 92.4 Å². The van der Waals surface area contributed by atoms with Crippen LogP contribution < -0.4 is 24.3 Å². The van der Waals surface area contributed by atoms with Crippen molar-refractivity contribution in [1.29, 1.82) is 0 Å². The van der Waals surface area contributed by atoms with E-state index in [1.807, 2.05) is 84.2 Å². The van der Waals surface area contributed by atoms with E-state index in [1.165, 1.54) is 34.2 Å². The van der Waals surface area contributed by atoms with Crippen LogP contribution in [0.2, 0.25) is 0 Å². The summed E-state index contributed by atoms with van der Waals surface area (Å²) in [6.07, 6.45) is 21.0. The molecule has 5 heterocycles. The number of hydrogen-bond acceptors (Lipinski definition) is 6. The fourth-order valence-electron chi connectivity index (χ4n) is 9.16. The fraction of sp³-hybridized carbons (Fsp3) is 0.281. The molecule has 0 aliphatic rings. The smallest absolute Gasteiger partial charge is 0.356 e. The van der Waals surface area contributed by atoms with Gasteiger partial charge in [-0.05, 0) is 148 Å². The normalized spacial score (nSPS) is 11.7. The van der Waals surface area contributed by atoms with Crippen molar-refractivity contribution in [1.82, 2.24) is 22.8 Å². The van der Waals surface area contributed by atoms with Gasteiger partial charge in [-0.1, -0.05) is 36.9 Å². The molecule has 9 rings (SSSR count). The standard InChI is InChI=1S/C57H65N14/c1-7-11-52-27-13-44(3)70(52)54-29-23-48(24-30-54)58-46-15-19-50(20-16-46)60-62-56-64(5)37-41-68(56)35-9-33-66-39-40-67(43-66)34-10-36-69-42-38-65(6)57(69)63-61-51-21-17-47(18-22-51)59-49-25-31-55(32-26-49)71-45(4)14-28-53(71)12-8-2/h13-32,37-43H,7-12,33-36H2,1-6H3/q+1/p+2. The second kappa shape index (κ2) is 22.5. The molecule has 71 heavy (non-hydrogen) atoms. The Labute approximate surface area is 417 Å². The van der Waals surface area contributed by atoms with E-state index < -0.39 is 0 Å². The van der Waals surface area contributed by atoms with E-state index in [-0.39, 0.29) is 0 Å². The van der Waals surface area contributed by atoms with Crippen molar-refractivity contribution < 1.29 is 13.7 Å². The third-order valence-corrected chi connectivity index (χ3v) is 12.9. The Morgan fingerprint density at radius 3 is 1.35 bits per heavy atom. The molecule has 14 nitrogen and oxygen atoms in total. The van der Waals surface area contributed by atoms with Gasteiger partial charge in [0.15, 0.2) is 0 Å². The van der Waals surface area contributed by atoms with Crippen LogP contribution in [0, 0.1) is 13.8 Å². The molecule has 0 aliphatic carbocycles. The maximum atomic E-state index is 4.66. The SMILES string of the molecule is CCCc1ccc(C)n1-c1ccc(Nc2ccc(N=Nc3n(CCCn4cc[n+](CCCn5cc[n+](C)c5N=Nc5ccc(Nc6ccc(-n7c(C)ccc7CCC)cc6)cc5)c4)cc[n+]3C)cc2)cc1. The third kappa shape index (κ3) is 11.8. The number of aryl methyl sites for hydroxylation is 10. The quantitative estimate of drug-likeness (QED) is 0.0521. The van der Waals surface area contributed by atoms with Gasteiger partial charge in [0.05, 0.1) is 65.1 Å². The van der Waals surface area contributed by atoms with Gasteiger partial charge < -0.3 is 19.8 Å². The highest BCUT2D eigenvalue weighted by atomic mass is 15.3. The maximum absolute atomic E-state index is 4.66. The second-order valence-corrected chi connectivity index (χ2v) is 18.3. The highest BCUT2D eigenvalue weighted by Crippen LogP contribution is 2.27. The van der Waals surface area contributed by atoms with Gasteiger partial charge in [0.2, 0.25) is 6.33 Å². The Bertz CT molecular complexity index is 2980. The minimum absolute atomic E-state index is 0.797. The first-order valence-electron chi connectivity index (χ1n) is 25.0. The number of rotatable bonds is 22. The van der Waals surface area contributed by atoms with Crippen LogP contribution in [0.1, 0.15) is 62.3 Å². The van der Waals surface area contributed by atoms with Crippen LogP contribution >= 0.6 is 0 Å². The lowest BCUT2D eigenvalue weighted by Crippen LogP contribution is -2.32. The van der Waals surface area contributed by atoms with Gasteiger partial charge >= 0.3 is 11.9 Å². The summed E-state index contributed by atoms with van der Waals surface area (Å²) in [5.41, 5.74) is 13.2. The van der Waals surface area contributed by atoms with Gasteiger partial charge in [0.1, 0.15) is 23.8 Å². The van der Waals surface area contributed by atoms with Gasteiger partial charge in [-0.3, -0.25) is 0 Å². The zero-order valence-corrected chi connectivity index (χ0v) is 42.0. The van der Waals surface area contributed by atoms with Gasteiger partial charge in [0.25, 0.3) is 0 Å². The van der Waals surface area contributed by atoms with Crippen molar-refractivity contribution in [3.05, 3.63) is 188 Å². The Morgan fingerprint density at radius 2 is 0.901 bits per heavy atom. The van der Waals surface area contributed by atoms with Gasteiger partial charge in [-0.2, -0.15) is 0 Å². The molecule has 14 heteroatoms. The minimum atomic E-state index is 0.797. The van der Waals surface area contributed by atoms with Gasteiger partial charge in [0, 0.05) is 80.0 Å². The number of hydrogen-bond donors (Lipinski definition) is 2. The van der Waals surface area contributed by atoms with E-state index in [2.05, 4.69) is 190 Å². The predicted molar refractivity (Wildman–Crippen MR) is 282 cm³/mol. The molecule has 2 N–H and O–H groups in total. The number of nitrogens with one attached hydrogen (secondary N) is 2. The minimum Gasteiger partial charge on any atom is -0.356 e. The third-order valence-electron chi connectivity index (χ3n) is 12.9. The molecule has 0 radical (unpaired) electrons.